The molecule has 2 fully saturated rings. The van der Waals surface area contributed by atoms with Crippen molar-refractivity contribution in [1.29, 1.82) is 0 Å². The molecule has 1 heterocycles. The van der Waals surface area contributed by atoms with Gasteiger partial charge in [0.25, 0.3) is 0 Å². The molecule has 2 atom stereocenters. The molecule has 0 unspecified atom stereocenters. The fourth-order valence-electron chi connectivity index (χ4n) is 4.08. The predicted molar refractivity (Wildman–Crippen MR) is 96.1 cm³/mol. The largest absolute Gasteiger partial charge is 0.495 e. The van der Waals surface area contributed by atoms with Gasteiger partial charge in [-0.2, -0.15) is 4.31 Å². The molecule has 1 amide bonds. The van der Waals surface area contributed by atoms with Crippen molar-refractivity contribution in [2.24, 2.45) is 11.8 Å². The van der Waals surface area contributed by atoms with E-state index < -0.39 is 10.0 Å². The van der Waals surface area contributed by atoms with Crippen LogP contribution in [0.1, 0.15) is 39.0 Å². The standard InChI is InChI=1S/C18H26N2O4S/c1-13(21)19-16-7-8-17(24-2)18(11-16)25(22,23)20-10-9-14-5-3-4-6-15(14)12-20/h7-8,11,14-15H,3-6,9-10,12H2,1-2H3,(H,19,21)/t14-,15+/m1/s1. The van der Waals surface area contributed by atoms with Gasteiger partial charge in [-0.25, -0.2) is 8.42 Å². The second-order valence-electron chi connectivity index (χ2n) is 7.00. The van der Waals surface area contributed by atoms with E-state index in [4.69, 9.17) is 4.74 Å². The number of nitrogens with one attached hydrogen (secondary N) is 1. The smallest absolute Gasteiger partial charge is 0.246 e. The summed E-state index contributed by atoms with van der Waals surface area (Å²) < 4.78 is 33.3. The lowest BCUT2D eigenvalue weighted by Gasteiger charge is -2.40. The monoisotopic (exact) mass is 366 g/mol. The lowest BCUT2D eigenvalue weighted by molar-refractivity contribution is -0.114. The summed E-state index contributed by atoms with van der Waals surface area (Å²) in [5, 5.41) is 2.64. The summed E-state index contributed by atoms with van der Waals surface area (Å²) in [6, 6.07) is 4.72. The molecular weight excluding hydrogens is 340 g/mol. The summed E-state index contributed by atoms with van der Waals surface area (Å²) in [6.45, 7) is 2.53. The zero-order valence-electron chi connectivity index (χ0n) is 14.8. The quantitative estimate of drug-likeness (QED) is 0.889. The van der Waals surface area contributed by atoms with Crippen molar-refractivity contribution in [3.63, 3.8) is 0 Å². The van der Waals surface area contributed by atoms with Crippen molar-refractivity contribution in [2.75, 3.05) is 25.5 Å². The molecule has 6 nitrogen and oxygen atoms in total. The summed E-state index contributed by atoms with van der Waals surface area (Å²) in [5.41, 5.74) is 0.458. The Hall–Kier alpha value is -1.60. The van der Waals surface area contributed by atoms with Gasteiger partial charge in [0.2, 0.25) is 15.9 Å². The lowest BCUT2D eigenvalue weighted by atomic mass is 9.76. The average Bonchev–Trinajstić information content (AvgIpc) is 2.60. The molecule has 1 aromatic rings. The maximum Gasteiger partial charge on any atom is 0.246 e. The Balaban J connectivity index is 1.89. The predicted octanol–water partition coefficient (Wildman–Crippen LogP) is 2.85. The second kappa shape index (κ2) is 7.33. The highest BCUT2D eigenvalue weighted by atomic mass is 32.2. The van der Waals surface area contributed by atoms with E-state index in [-0.39, 0.29) is 10.8 Å². The molecule has 1 aromatic carbocycles. The van der Waals surface area contributed by atoms with Crippen LogP contribution in [0, 0.1) is 11.8 Å². The van der Waals surface area contributed by atoms with Gasteiger partial charge < -0.3 is 10.1 Å². The third-order valence-corrected chi connectivity index (χ3v) is 7.24. The Kier molecular flexibility index (Phi) is 5.34. The molecule has 138 valence electrons. The van der Waals surface area contributed by atoms with E-state index in [1.807, 2.05) is 0 Å². The van der Waals surface area contributed by atoms with Crippen LogP contribution in [-0.4, -0.2) is 38.8 Å². The molecule has 1 saturated carbocycles. The van der Waals surface area contributed by atoms with Crippen molar-refractivity contribution in [2.45, 2.75) is 43.9 Å². The van der Waals surface area contributed by atoms with E-state index in [9.17, 15) is 13.2 Å². The van der Waals surface area contributed by atoms with E-state index in [1.165, 1.54) is 39.4 Å². The van der Waals surface area contributed by atoms with E-state index in [1.54, 1.807) is 16.4 Å². The highest BCUT2D eigenvalue weighted by Crippen LogP contribution is 2.39. The number of benzene rings is 1. The maximum atomic E-state index is 13.2. The minimum Gasteiger partial charge on any atom is -0.495 e. The number of rotatable bonds is 4. The summed E-state index contributed by atoms with van der Waals surface area (Å²) in [4.78, 5) is 11.4. The van der Waals surface area contributed by atoms with Crippen molar-refractivity contribution >= 4 is 21.6 Å². The molecule has 1 N–H and O–H groups in total. The van der Waals surface area contributed by atoms with Gasteiger partial charge in [-0.1, -0.05) is 19.3 Å². The topological polar surface area (TPSA) is 75.7 Å². The Morgan fingerprint density at radius 1 is 1.20 bits per heavy atom. The van der Waals surface area contributed by atoms with Crippen LogP contribution in [0.4, 0.5) is 5.69 Å². The lowest BCUT2D eigenvalue weighted by Crippen LogP contribution is -2.44. The number of nitrogens with zero attached hydrogens (tertiary/aromatic N) is 1. The first-order valence-corrected chi connectivity index (χ1v) is 10.3. The Labute approximate surface area is 149 Å². The first-order chi connectivity index (χ1) is 11.9. The van der Waals surface area contributed by atoms with Crippen LogP contribution in [0.5, 0.6) is 5.75 Å². The van der Waals surface area contributed by atoms with E-state index in [2.05, 4.69) is 5.32 Å². The third-order valence-electron chi connectivity index (χ3n) is 5.36. The SMILES string of the molecule is COc1ccc(NC(C)=O)cc1S(=O)(=O)N1CC[C@H]2CCCC[C@H]2C1. The van der Waals surface area contributed by atoms with Gasteiger partial charge in [0.15, 0.2) is 0 Å². The number of piperidine rings is 1. The van der Waals surface area contributed by atoms with Gasteiger partial charge in [0, 0.05) is 25.7 Å². The number of hydrogen-bond acceptors (Lipinski definition) is 4. The molecule has 1 aliphatic heterocycles. The molecule has 25 heavy (non-hydrogen) atoms. The number of carbonyl (C=O) groups is 1. The molecule has 0 spiro atoms. The molecule has 2 aliphatic rings. The second-order valence-corrected chi connectivity index (χ2v) is 8.91. The highest BCUT2D eigenvalue weighted by molar-refractivity contribution is 7.89. The molecule has 1 aliphatic carbocycles. The Bertz CT molecular complexity index is 747. The molecule has 0 bridgehead atoms. The van der Waals surface area contributed by atoms with Crippen molar-refractivity contribution in [3.05, 3.63) is 18.2 Å². The number of fused-ring (bicyclic) bond motifs is 1. The number of amides is 1. The Morgan fingerprint density at radius 2 is 1.92 bits per heavy atom. The number of sulfonamides is 1. The average molecular weight is 366 g/mol. The summed E-state index contributed by atoms with van der Waals surface area (Å²) in [6.07, 6.45) is 5.72. The maximum absolute atomic E-state index is 13.2. The molecule has 1 saturated heterocycles. The highest BCUT2D eigenvalue weighted by Gasteiger charge is 2.37. The zero-order valence-corrected chi connectivity index (χ0v) is 15.6. The van der Waals surface area contributed by atoms with Crippen LogP contribution in [-0.2, 0) is 14.8 Å². The summed E-state index contributed by atoms with van der Waals surface area (Å²) >= 11 is 0. The number of hydrogen-bond donors (Lipinski definition) is 1. The molecule has 0 radical (unpaired) electrons. The van der Waals surface area contributed by atoms with Crippen LogP contribution in [0.25, 0.3) is 0 Å². The fraction of sp³-hybridized carbons (Fsp3) is 0.611. The van der Waals surface area contributed by atoms with Crippen LogP contribution in [0.15, 0.2) is 23.1 Å². The van der Waals surface area contributed by atoms with Gasteiger partial charge in [0.1, 0.15) is 10.6 Å². The first-order valence-electron chi connectivity index (χ1n) is 8.87. The normalized spacial score (nSPS) is 24.4. The number of methoxy groups -OCH3 is 1. The Morgan fingerprint density at radius 3 is 2.60 bits per heavy atom. The van der Waals surface area contributed by atoms with E-state index in [0.717, 1.165) is 12.8 Å². The fourth-order valence-corrected chi connectivity index (χ4v) is 5.78. The number of ether oxygens (including phenoxy) is 1. The summed E-state index contributed by atoms with van der Waals surface area (Å²) in [7, 11) is -2.20. The van der Waals surface area contributed by atoms with Gasteiger partial charge >= 0.3 is 0 Å². The van der Waals surface area contributed by atoms with Crippen molar-refractivity contribution < 1.29 is 17.9 Å². The summed E-state index contributed by atoms with van der Waals surface area (Å²) in [5.74, 6) is 1.19. The third kappa shape index (κ3) is 3.82. The molecule has 3 rings (SSSR count). The molecular formula is C18H26N2O4S. The zero-order chi connectivity index (χ0) is 18.0. The number of anilines is 1. The van der Waals surface area contributed by atoms with Crippen LogP contribution >= 0.6 is 0 Å². The van der Waals surface area contributed by atoms with Crippen LogP contribution < -0.4 is 10.1 Å². The van der Waals surface area contributed by atoms with E-state index in [0.29, 0.717) is 36.4 Å². The molecule has 7 heteroatoms. The first kappa shape index (κ1) is 18.2. The van der Waals surface area contributed by atoms with E-state index >= 15 is 0 Å². The van der Waals surface area contributed by atoms with Crippen molar-refractivity contribution in [1.82, 2.24) is 4.31 Å². The van der Waals surface area contributed by atoms with Crippen LogP contribution in [0.3, 0.4) is 0 Å². The van der Waals surface area contributed by atoms with Gasteiger partial charge in [-0.05, 0) is 42.9 Å². The number of carbonyl (C=O) groups excluding carboxylic acids is 1. The minimum atomic E-state index is -3.66. The minimum absolute atomic E-state index is 0.121. The van der Waals surface area contributed by atoms with Crippen LogP contribution in [0.2, 0.25) is 0 Å². The van der Waals surface area contributed by atoms with Gasteiger partial charge in [0.05, 0.1) is 7.11 Å². The van der Waals surface area contributed by atoms with Gasteiger partial charge in [-0.15, -0.1) is 0 Å². The molecule has 0 aromatic heterocycles. The van der Waals surface area contributed by atoms with Gasteiger partial charge in [-0.3, -0.25) is 4.79 Å². The van der Waals surface area contributed by atoms with Crippen molar-refractivity contribution in [3.8, 4) is 5.75 Å².